The van der Waals surface area contributed by atoms with Gasteiger partial charge in [-0.3, -0.25) is 28.7 Å². The van der Waals surface area contributed by atoms with E-state index in [1.807, 2.05) is 0 Å². The normalized spacial score (nSPS) is 14.1. The van der Waals surface area contributed by atoms with Crippen LogP contribution in [-0.4, -0.2) is 42.0 Å². The van der Waals surface area contributed by atoms with E-state index in [4.69, 9.17) is 5.73 Å². The van der Waals surface area contributed by atoms with Gasteiger partial charge in [-0.1, -0.05) is 12.1 Å². The van der Waals surface area contributed by atoms with E-state index in [1.54, 1.807) is 12.1 Å². The Kier molecular flexibility index (Phi) is 12.5. The fourth-order valence-corrected chi connectivity index (χ4v) is 8.93. The second-order valence-corrected chi connectivity index (χ2v) is 15.4. The van der Waals surface area contributed by atoms with Crippen LogP contribution in [0.1, 0.15) is 74.8 Å². The number of pyridine rings is 1. The first-order valence-corrected chi connectivity index (χ1v) is 19.6. The number of rotatable bonds is 11. The van der Waals surface area contributed by atoms with Gasteiger partial charge in [0.1, 0.15) is 35.4 Å². The summed E-state index contributed by atoms with van der Waals surface area (Å²) < 4.78 is 124. The fraction of sp³-hybridized carbons (Fsp3) is 0.316. The van der Waals surface area contributed by atoms with Gasteiger partial charge >= 0.3 is 12.4 Å². The lowest BCUT2D eigenvalue weighted by molar-refractivity contribution is -0.146. The van der Waals surface area contributed by atoms with Crippen LogP contribution in [-0.2, 0) is 64.5 Å². The van der Waals surface area contributed by atoms with Crippen LogP contribution >= 0.6 is 23.5 Å². The Morgan fingerprint density at radius 1 is 0.793 bits per heavy atom. The lowest BCUT2D eigenvalue weighted by Gasteiger charge is -2.20. The summed E-state index contributed by atoms with van der Waals surface area (Å²) in [6.07, 6.45) is -8.21. The number of carbonyl (C=O) groups excluding carboxylic acids is 3. The lowest BCUT2D eigenvalue weighted by atomic mass is 9.86. The number of aromatic nitrogens is 5. The number of hydrogen-bond donors (Lipinski definition) is 1. The van der Waals surface area contributed by atoms with E-state index in [2.05, 4.69) is 15.2 Å². The molecule has 1 atom stereocenters. The molecule has 20 heteroatoms. The number of nitrogens with two attached hydrogens (primary N) is 1. The summed E-state index contributed by atoms with van der Waals surface area (Å²) in [5.74, 6) is -4.13. The number of benzene rings is 2. The van der Waals surface area contributed by atoms with Crippen LogP contribution < -0.4 is 5.73 Å². The van der Waals surface area contributed by atoms with Gasteiger partial charge in [-0.15, -0.1) is 0 Å². The maximum atomic E-state index is 14.2. The van der Waals surface area contributed by atoms with E-state index in [0.717, 1.165) is 22.9 Å². The van der Waals surface area contributed by atoms with Crippen LogP contribution in [0, 0.1) is 17.5 Å². The van der Waals surface area contributed by atoms with E-state index in [1.165, 1.54) is 48.8 Å². The van der Waals surface area contributed by atoms with Crippen LogP contribution in [0.5, 0.6) is 0 Å². The SMILES string of the molecule is CC(=O)Cn1nc2c(c1C(F)(F)F)CSC2.NC(=O)c1cc(-c2cccnc2[C@@H](CC(=O)Cn2nc3c(c2C(F)(F)F)CSC3)Cc2cc(F)cc(F)c2)ccc1F. The van der Waals surface area contributed by atoms with Gasteiger partial charge < -0.3 is 5.73 Å². The number of thioether (sulfide) groups is 2. The van der Waals surface area contributed by atoms with Crippen LogP contribution in [0.25, 0.3) is 11.1 Å². The number of amides is 1. The Morgan fingerprint density at radius 3 is 1.90 bits per heavy atom. The zero-order valence-electron chi connectivity index (χ0n) is 30.2. The van der Waals surface area contributed by atoms with Crippen LogP contribution in [0.4, 0.5) is 39.5 Å². The van der Waals surface area contributed by atoms with Gasteiger partial charge in [-0.2, -0.15) is 60.1 Å². The Morgan fingerprint density at radius 2 is 1.36 bits per heavy atom. The molecular weight excluding hydrogens is 824 g/mol. The average molecular weight is 855 g/mol. The summed E-state index contributed by atoms with van der Waals surface area (Å²) in [7, 11) is 0. The van der Waals surface area contributed by atoms with Crippen molar-refractivity contribution in [3.8, 4) is 11.1 Å². The molecule has 2 aromatic carbocycles. The number of halogens is 9. The van der Waals surface area contributed by atoms with Gasteiger partial charge in [0.25, 0.3) is 5.91 Å². The Bertz CT molecular complexity index is 2370. The molecule has 0 fully saturated rings. The van der Waals surface area contributed by atoms with Crippen molar-refractivity contribution >= 4 is 41.0 Å². The quantitative estimate of drug-likeness (QED) is 0.131. The van der Waals surface area contributed by atoms with Crippen molar-refractivity contribution in [2.75, 3.05) is 0 Å². The summed E-state index contributed by atoms with van der Waals surface area (Å²) >= 11 is 2.71. The van der Waals surface area contributed by atoms with Gasteiger partial charge in [0.2, 0.25) is 0 Å². The molecular formula is C38H31F9N6O3S2. The standard InChI is InChI=1S/C29H22F6N4O2S.C9H9F3N2OS/c30-18-7-15(8-19(31)11-18)6-17(9-20(40)12-39-27(29(33,34)35)23-13-42-14-25(23)38-39)26-21(2-1-5-37-26)16-3-4-24(32)22(10-16)28(36)41;1-5(15)2-14-8(9(10,11)12)6-3-16-4-7(6)13-14/h1-5,7-8,10-11,17H,6,9,12-14H2,(H2,36,41);2-4H2,1H3/t17-;/m1./s1. The maximum Gasteiger partial charge on any atom is 0.433 e. The van der Waals surface area contributed by atoms with E-state index in [0.29, 0.717) is 44.8 Å². The number of ketones is 2. The molecule has 0 aliphatic carbocycles. The molecule has 7 rings (SSSR count). The van der Waals surface area contributed by atoms with E-state index >= 15 is 0 Å². The molecule has 0 saturated heterocycles. The summed E-state index contributed by atoms with van der Waals surface area (Å²) in [5, 5.41) is 7.90. The van der Waals surface area contributed by atoms with Crippen LogP contribution in [0.3, 0.4) is 0 Å². The summed E-state index contributed by atoms with van der Waals surface area (Å²) in [6, 6.07) is 9.66. The molecule has 0 spiro atoms. The monoisotopic (exact) mass is 854 g/mol. The predicted molar refractivity (Wildman–Crippen MR) is 196 cm³/mol. The minimum absolute atomic E-state index is 0.0562. The summed E-state index contributed by atoms with van der Waals surface area (Å²) in [4.78, 5) is 40.4. The summed E-state index contributed by atoms with van der Waals surface area (Å²) in [5.41, 5.74) is 5.36. The molecule has 2 aliphatic heterocycles. The van der Waals surface area contributed by atoms with Crippen molar-refractivity contribution in [2.45, 2.75) is 74.1 Å². The highest BCUT2D eigenvalue weighted by molar-refractivity contribution is 7.98. The average Bonchev–Trinajstić information content (AvgIpc) is 3.89. The summed E-state index contributed by atoms with van der Waals surface area (Å²) in [6.45, 7) is 0.263. The number of fused-ring (bicyclic) bond motifs is 2. The highest BCUT2D eigenvalue weighted by Gasteiger charge is 2.42. The number of carbonyl (C=O) groups is 3. The minimum atomic E-state index is -4.72. The number of primary amides is 1. The zero-order chi connectivity index (χ0) is 42.1. The smallest absolute Gasteiger partial charge is 0.366 e. The van der Waals surface area contributed by atoms with Crippen molar-refractivity contribution in [1.29, 1.82) is 0 Å². The molecule has 5 heterocycles. The zero-order valence-corrected chi connectivity index (χ0v) is 31.8. The van der Waals surface area contributed by atoms with E-state index in [-0.39, 0.29) is 64.6 Å². The van der Waals surface area contributed by atoms with Crippen molar-refractivity contribution in [3.05, 3.63) is 123 Å². The van der Waals surface area contributed by atoms with Crippen molar-refractivity contribution < 1.29 is 53.9 Å². The Balaban J connectivity index is 0.000000295. The lowest BCUT2D eigenvalue weighted by Crippen LogP contribution is -2.22. The van der Waals surface area contributed by atoms with Crippen LogP contribution in [0.2, 0.25) is 0 Å². The topological polar surface area (TPSA) is 126 Å². The number of nitrogens with zero attached hydrogens (tertiary/aromatic N) is 5. The molecule has 58 heavy (non-hydrogen) atoms. The Labute approximate surface area is 332 Å². The molecule has 3 aromatic heterocycles. The molecule has 9 nitrogen and oxygen atoms in total. The van der Waals surface area contributed by atoms with Crippen LogP contribution in [0.15, 0.2) is 54.7 Å². The van der Waals surface area contributed by atoms with Gasteiger partial charge in [-0.05, 0) is 54.8 Å². The largest absolute Gasteiger partial charge is 0.433 e. The van der Waals surface area contributed by atoms with Crippen molar-refractivity contribution in [1.82, 2.24) is 24.5 Å². The third-order valence-electron chi connectivity index (χ3n) is 9.12. The second kappa shape index (κ2) is 17.0. The first kappa shape index (κ1) is 42.5. The molecule has 1 amide bonds. The van der Waals surface area contributed by atoms with Crippen molar-refractivity contribution in [2.24, 2.45) is 5.73 Å². The molecule has 2 aliphatic rings. The Hall–Kier alpha value is -5.11. The number of Topliss-reactive ketones (excluding diaryl/α,β-unsaturated/α-hetero) is 2. The highest BCUT2D eigenvalue weighted by atomic mass is 32.2. The van der Waals surface area contributed by atoms with Gasteiger partial charge in [0, 0.05) is 64.3 Å². The third-order valence-corrected chi connectivity index (χ3v) is 11.1. The van der Waals surface area contributed by atoms with Gasteiger partial charge in [0.15, 0.2) is 11.6 Å². The molecule has 0 saturated carbocycles. The molecule has 0 bridgehead atoms. The molecule has 0 unspecified atom stereocenters. The number of alkyl halides is 6. The minimum Gasteiger partial charge on any atom is -0.366 e. The van der Waals surface area contributed by atoms with E-state index < -0.39 is 65.3 Å². The van der Waals surface area contributed by atoms with Gasteiger partial charge in [0.05, 0.1) is 29.2 Å². The van der Waals surface area contributed by atoms with Gasteiger partial charge in [-0.25, -0.2) is 13.2 Å². The predicted octanol–water partition coefficient (Wildman–Crippen LogP) is 8.45. The molecule has 306 valence electrons. The second-order valence-electron chi connectivity index (χ2n) is 13.5. The first-order chi connectivity index (χ1) is 27.3. The fourth-order valence-electron chi connectivity index (χ4n) is 6.86. The van der Waals surface area contributed by atoms with Crippen molar-refractivity contribution in [3.63, 3.8) is 0 Å². The highest BCUT2D eigenvalue weighted by Crippen LogP contribution is 2.42. The number of hydrogen-bond acceptors (Lipinski definition) is 8. The molecule has 0 radical (unpaired) electrons. The maximum absolute atomic E-state index is 14.2. The first-order valence-electron chi connectivity index (χ1n) is 17.3. The third kappa shape index (κ3) is 9.60. The molecule has 5 aromatic rings. The van der Waals surface area contributed by atoms with E-state index in [9.17, 15) is 53.9 Å². The molecule has 2 N–H and O–H groups in total.